The van der Waals surface area contributed by atoms with E-state index in [0.717, 1.165) is 17.5 Å². The number of halogens is 1. The van der Waals surface area contributed by atoms with Crippen molar-refractivity contribution in [2.45, 2.75) is 24.3 Å². The van der Waals surface area contributed by atoms with Gasteiger partial charge in [-0.1, -0.05) is 35.9 Å². The summed E-state index contributed by atoms with van der Waals surface area (Å²) in [6, 6.07) is 14.7. The molecule has 2 rings (SSSR count). The van der Waals surface area contributed by atoms with Crippen LogP contribution in [-0.4, -0.2) is 34.2 Å². The Bertz CT molecular complexity index is 847. The Balaban J connectivity index is 1.86. The van der Waals surface area contributed by atoms with Gasteiger partial charge in [-0.05, 0) is 48.7 Å². The minimum Gasteiger partial charge on any atom is -0.356 e. The van der Waals surface area contributed by atoms with Gasteiger partial charge in [0.05, 0.1) is 10.9 Å². The molecular formula is C19H24ClN3O2S. The normalized spacial score (nSPS) is 13.3. The first-order valence-corrected chi connectivity index (χ1v) is 10.6. The fraction of sp³-hybridized carbons (Fsp3) is 0.316. The molecule has 0 aromatic heterocycles. The van der Waals surface area contributed by atoms with E-state index in [0.29, 0.717) is 22.4 Å². The van der Waals surface area contributed by atoms with Gasteiger partial charge in [0.2, 0.25) is 0 Å². The van der Waals surface area contributed by atoms with Gasteiger partial charge in [-0.2, -0.15) is 0 Å². The van der Waals surface area contributed by atoms with E-state index in [2.05, 4.69) is 22.5 Å². The number of hydrogen-bond acceptors (Lipinski definition) is 3. The molecule has 2 N–H and O–H groups in total. The second kappa shape index (κ2) is 9.05. The molecule has 0 aliphatic heterocycles. The SMILES string of the molecule is CN=C(NCCc1ccc(S(C)(=O)=O)cc1)NC(C)c1ccc(Cl)cc1. The summed E-state index contributed by atoms with van der Waals surface area (Å²) in [5.41, 5.74) is 2.18. The van der Waals surface area contributed by atoms with Gasteiger partial charge in [-0.15, -0.1) is 0 Å². The summed E-state index contributed by atoms with van der Waals surface area (Å²) in [6.45, 7) is 2.74. The molecule has 0 bridgehead atoms. The molecule has 7 heteroatoms. The second-order valence-corrected chi connectivity index (χ2v) is 8.53. The molecule has 2 aromatic carbocycles. The molecule has 0 aliphatic carbocycles. The summed E-state index contributed by atoms with van der Waals surface area (Å²) in [4.78, 5) is 4.57. The number of benzene rings is 2. The van der Waals surface area contributed by atoms with Gasteiger partial charge < -0.3 is 10.6 Å². The maximum absolute atomic E-state index is 11.5. The summed E-state index contributed by atoms with van der Waals surface area (Å²) < 4.78 is 23.0. The Hall–Kier alpha value is -2.05. The maximum atomic E-state index is 11.5. The molecule has 0 fully saturated rings. The van der Waals surface area contributed by atoms with E-state index in [9.17, 15) is 8.42 Å². The van der Waals surface area contributed by atoms with E-state index in [1.54, 1.807) is 19.2 Å². The summed E-state index contributed by atoms with van der Waals surface area (Å²) in [5, 5.41) is 7.32. The lowest BCUT2D eigenvalue weighted by Gasteiger charge is -2.18. The van der Waals surface area contributed by atoms with E-state index < -0.39 is 9.84 Å². The van der Waals surface area contributed by atoms with Gasteiger partial charge in [-0.3, -0.25) is 4.99 Å². The average molecular weight is 394 g/mol. The number of sulfone groups is 1. The topological polar surface area (TPSA) is 70.6 Å². The fourth-order valence-electron chi connectivity index (χ4n) is 2.46. The van der Waals surface area contributed by atoms with Crippen molar-refractivity contribution >= 4 is 27.4 Å². The molecule has 1 unspecified atom stereocenters. The third-order valence-electron chi connectivity index (χ3n) is 4.00. The molecule has 0 radical (unpaired) electrons. The van der Waals surface area contributed by atoms with E-state index >= 15 is 0 Å². The highest BCUT2D eigenvalue weighted by Crippen LogP contribution is 2.16. The Kier molecular flexibility index (Phi) is 7.06. The van der Waals surface area contributed by atoms with Crippen molar-refractivity contribution in [1.82, 2.24) is 10.6 Å². The highest BCUT2D eigenvalue weighted by Gasteiger charge is 2.08. The molecule has 0 aliphatic rings. The summed E-state index contributed by atoms with van der Waals surface area (Å²) >= 11 is 5.92. The fourth-order valence-corrected chi connectivity index (χ4v) is 3.22. The molecular weight excluding hydrogens is 370 g/mol. The van der Waals surface area contributed by atoms with E-state index in [-0.39, 0.29) is 6.04 Å². The maximum Gasteiger partial charge on any atom is 0.191 e. The van der Waals surface area contributed by atoms with Crippen molar-refractivity contribution in [1.29, 1.82) is 0 Å². The van der Waals surface area contributed by atoms with Gasteiger partial charge in [0.25, 0.3) is 0 Å². The van der Waals surface area contributed by atoms with Crippen LogP contribution in [0.4, 0.5) is 0 Å². The minimum atomic E-state index is -3.15. The highest BCUT2D eigenvalue weighted by molar-refractivity contribution is 7.90. The van der Waals surface area contributed by atoms with Crippen molar-refractivity contribution in [2.24, 2.45) is 4.99 Å². The zero-order valence-corrected chi connectivity index (χ0v) is 16.7. The lowest BCUT2D eigenvalue weighted by Crippen LogP contribution is -2.39. The first-order chi connectivity index (χ1) is 12.3. The predicted molar refractivity (Wildman–Crippen MR) is 108 cm³/mol. The van der Waals surface area contributed by atoms with Crippen LogP contribution in [0.3, 0.4) is 0 Å². The summed E-state index contributed by atoms with van der Waals surface area (Å²) in [7, 11) is -1.43. The first-order valence-electron chi connectivity index (χ1n) is 8.31. The van der Waals surface area contributed by atoms with Crippen LogP contribution in [0.15, 0.2) is 58.4 Å². The number of nitrogens with zero attached hydrogens (tertiary/aromatic N) is 1. The average Bonchev–Trinajstić information content (AvgIpc) is 2.61. The molecule has 0 spiro atoms. The van der Waals surface area contributed by atoms with Crippen molar-refractivity contribution < 1.29 is 8.42 Å². The zero-order chi connectivity index (χ0) is 19.2. The van der Waals surface area contributed by atoms with Gasteiger partial charge in [0.1, 0.15) is 0 Å². The quantitative estimate of drug-likeness (QED) is 0.584. The van der Waals surface area contributed by atoms with Crippen LogP contribution in [0.25, 0.3) is 0 Å². The number of hydrogen-bond donors (Lipinski definition) is 2. The summed E-state index contributed by atoms with van der Waals surface area (Å²) in [5.74, 6) is 0.709. The second-order valence-electron chi connectivity index (χ2n) is 6.08. The Morgan fingerprint density at radius 3 is 2.27 bits per heavy atom. The van der Waals surface area contributed by atoms with Crippen LogP contribution in [0, 0.1) is 0 Å². The number of nitrogens with one attached hydrogen (secondary N) is 2. The van der Waals surface area contributed by atoms with E-state index in [1.165, 1.54) is 6.26 Å². The van der Waals surface area contributed by atoms with Gasteiger partial charge >= 0.3 is 0 Å². The Morgan fingerprint density at radius 2 is 1.73 bits per heavy atom. The first kappa shape index (κ1) is 20.3. The third-order valence-corrected chi connectivity index (χ3v) is 5.38. The van der Waals surface area contributed by atoms with Crippen LogP contribution in [-0.2, 0) is 16.3 Å². The Morgan fingerprint density at radius 1 is 1.12 bits per heavy atom. The summed E-state index contributed by atoms with van der Waals surface area (Å²) in [6.07, 6.45) is 1.97. The van der Waals surface area contributed by atoms with Gasteiger partial charge in [0.15, 0.2) is 15.8 Å². The minimum absolute atomic E-state index is 0.0903. The van der Waals surface area contributed by atoms with Crippen LogP contribution in [0.5, 0.6) is 0 Å². The van der Waals surface area contributed by atoms with Crippen molar-refractivity contribution in [3.63, 3.8) is 0 Å². The monoisotopic (exact) mass is 393 g/mol. The molecule has 0 saturated carbocycles. The third kappa shape index (κ3) is 6.04. The largest absolute Gasteiger partial charge is 0.356 e. The van der Waals surface area contributed by atoms with Gasteiger partial charge in [0, 0.05) is 24.9 Å². The van der Waals surface area contributed by atoms with E-state index in [1.807, 2.05) is 36.4 Å². The van der Waals surface area contributed by atoms with Gasteiger partial charge in [-0.25, -0.2) is 8.42 Å². The highest BCUT2D eigenvalue weighted by atomic mass is 35.5. The van der Waals surface area contributed by atoms with Crippen LogP contribution >= 0.6 is 11.6 Å². The molecule has 0 amide bonds. The lowest BCUT2D eigenvalue weighted by atomic mass is 10.1. The van der Waals surface area contributed by atoms with Crippen molar-refractivity contribution in [3.05, 3.63) is 64.7 Å². The molecule has 0 saturated heterocycles. The molecule has 5 nitrogen and oxygen atoms in total. The predicted octanol–water partition coefficient (Wildman–Crippen LogP) is 3.21. The number of rotatable bonds is 6. The standard InChI is InChI=1S/C19H24ClN3O2S/c1-14(16-6-8-17(20)9-7-16)23-19(21-2)22-13-12-15-4-10-18(11-5-15)26(3,24)25/h4-11,14H,12-13H2,1-3H3,(H2,21,22,23). The molecule has 26 heavy (non-hydrogen) atoms. The van der Waals surface area contributed by atoms with Crippen molar-refractivity contribution in [2.75, 3.05) is 19.8 Å². The Labute approximate surface area is 160 Å². The van der Waals surface area contributed by atoms with Crippen LogP contribution in [0.1, 0.15) is 24.1 Å². The van der Waals surface area contributed by atoms with Crippen molar-refractivity contribution in [3.8, 4) is 0 Å². The molecule has 1 atom stereocenters. The number of aliphatic imine (C=N–C) groups is 1. The number of guanidine groups is 1. The smallest absolute Gasteiger partial charge is 0.191 e. The zero-order valence-electron chi connectivity index (χ0n) is 15.2. The van der Waals surface area contributed by atoms with Crippen LogP contribution < -0.4 is 10.6 Å². The lowest BCUT2D eigenvalue weighted by molar-refractivity contribution is 0.602. The molecule has 2 aromatic rings. The van der Waals surface area contributed by atoms with Crippen LogP contribution in [0.2, 0.25) is 5.02 Å². The van der Waals surface area contributed by atoms with E-state index in [4.69, 9.17) is 11.6 Å². The molecule has 140 valence electrons. The molecule has 0 heterocycles.